The van der Waals surface area contributed by atoms with E-state index in [0.717, 1.165) is 10.8 Å². The summed E-state index contributed by atoms with van der Waals surface area (Å²) >= 11 is 5.83. The van der Waals surface area contributed by atoms with E-state index < -0.39 is 11.9 Å². The third-order valence-corrected chi connectivity index (χ3v) is 5.32. The summed E-state index contributed by atoms with van der Waals surface area (Å²) in [5, 5.41) is 6.29. The fourth-order valence-corrected chi connectivity index (χ4v) is 3.53. The lowest BCUT2D eigenvalue weighted by Gasteiger charge is -2.12. The number of nitrogens with one attached hydrogen (secondary N) is 1. The molecule has 1 amide bonds. The molecule has 0 aromatic heterocycles. The first-order valence-electron chi connectivity index (χ1n) is 11.2. The SMILES string of the molecule is CCOc1cc(/C=N\NC(=O)COc2ccc(Cl)cc2)ccc1OC(=O)c1cccc2ccccc12. The molecule has 4 rings (SSSR count). The summed E-state index contributed by atoms with van der Waals surface area (Å²) in [6.07, 6.45) is 1.46. The van der Waals surface area contributed by atoms with Crippen LogP contribution in [0.15, 0.2) is 90.0 Å². The third kappa shape index (κ3) is 6.40. The number of hydrazone groups is 1. The van der Waals surface area contributed by atoms with E-state index in [1.54, 1.807) is 48.5 Å². The predicted molar refractivity (Wildman–Crippen MR) is 139 cm³/mol. The van der Waals surface area contributed by atoms with E-state index in [-0.39, 0.29) is 12.4 Å². The number of hydrogen-bond acceptors (Lipinski definition) is 6. The quantitative estimate of drug-likeness (QED) is 0.138. The zero-order valence-electron chi connectivity index (χ0n) is 19.4. The third-order valence-electron chi connectivity index (χ3n) is 5.07. The number of rotatable bonds is 9. The van der Waals surface area contributed by atoms with Crippen molar-refractivity contribution in [3.8, 4) is 17.2 Å². The maximum atomic E-state index is 12.9. The summed E-state index contributed by atoms with van der Waals surface area (Å²) in [6.45, 7) is 2.00. The first-order chi connectivity index (χ1) is 17.5. The van der Waals surface area contributed by atoms with E-state index in [1.807, 2.05) is 43.3 Å². The minimum Gasteiger partial charge on any atom is -0.490 e. The number of esters is 1. The lowest BCUT2D eigenvalue weighted by Crippen LogP contribution is -2.24. The fourth-order valence-electron chi connectivity index (χ4n) is 3.41. The van der Waals surface area contributed by atoms with Gasteiger partial charge in [0.2, 0.25) is 0 Å². The van der Waals surface area contributed by atoms with E-state index in [1.165, 1.54) is 6.21 Å². The molecule has 7 nitrogen and oxygen atoms in total. The highest BCUT2D eigenvalue weighted by atomic mass is 35.5. The Morgan fingerprint density at radius 3 is 2.50 bits per heavy atom. The predicted octanol–water partition coefficient (Wildman–Crippen LogP) is 5.64. The Balaban J connectivity index is 1.40. The van der Waals surface area contributed by atoms with E-state index in [9.17, 15) is 9.59 Å². The van der Waals surface area contributed by atoms with Gasteiger partial charge in [0.05, 0.1) is 18.4 Å². The summed E-state index contributed by atoms with van der Waals surface area (Å²) in [5.74, 6) is 0.280. The van der Waals surface area contributed by atoms with Crippen LogP contribution < -0.4 is 19.6 Å². The highest BCUT2D eigenvalue weighted by Gasteiger charge is 2.15. The van der Waals surface area contributed by atoms with E-state index >= 15 is 0 Å². The topological polar surface area (TPSA) is 86.2 Å². The van der Waals surface area contributed by atoms with Gasteiger partial charge in [0.25, 0.3) is 5.91 Å². The minimum absolute atomic E-state index is 0.202. The zero-order chi connectivity index (χ0) is 25.3. The lowest BCUT2D eigenvalue weighted by molar-refractivity contribution is -0.123. The van der Waals surface area contributed by atoms with Crippen LogP contribution in [-0.4, -0.2) is 31.3 Å². The molecule has 4 aromatic rings. The van der Waals surface area contributed by atoms with Gasteiger partial charge >= 0.3 is 5.97 Å². The second-order valence-electron chi connectivity index (χ2n) is 7.59. The number of hydrogen-bond donors (Lipinski definition) is 1. The second-order valence-corrected chi connectivity index (χ2v) is 8.03. The Bertz CT molecular complexity index is 1400. The molecule has 182 valence electrons. The van der Waals surface area contributed by atoms with Gasteiger partial charge in [0.1, 0.15) is 5.75 Å². The summed E-state index contributed by atoms with van der Waals surface area (Å²) in [6, 6.07) is 24.8. The van der Waals surface area contributed by atoms with Crippen molar-refractivity contribution in [1.82, 2.24) is 5.43 Å². The second kappa shape index (κ2) is 11.9. The number of nitrogens with zero attached hydrogens (tertiary/aromatic N) is 1. The minimum atomic E-state index is -0.484. The van der Waals surface area contributed by atoms with E-state index in [2.05, 4.69) is 10.5 Å². The van der Waals surface area contributed by atoms with Gasteiger partial charge in [0, 0.05) is 5.02 Å². The highest BCUT2D eigenvalue weighted by Crippen LogP contribution is 2.30. The van der Waals surface area contributed by atoms with Crippen LogP contribution in [0.25, 0.3) is 10.8 Å². The molecule has 0 aliphatic heterocycles. The van der Waals surface area contributed by atoms with Gasteiger partial charge in [-0.1, -0.05) is 48.0 Å². The molecule has 0 spiro atoms. The van der Waals surface area contributed by atoms with Crippen LogP contribution in [0.5, 0.6) is 17.2 Å². The fraction of sp³-hybridized carbons (Fsp3) is 0.107. The highest BCUT2D eigenvalue weighted by molar-refractivity contribution is 6.30. The van der Waals surface area contributed by atoms with Crippen molar-refractivity contribution in [1.29, 1.82) is 0 Å². The summed E-state index contributed by atoms with van der Waals surface area (Å²) in [4.78, 5) is 24.9. The molecule has 8 heteroatoms. The number of benzene rings is 4. The molecule has 0 aliphatic carbocycles. The molecular weight excluding hydrogens is 480 g/mol. The van der Waals surface area contributed by atoms with Crippen LogP contribution in [0.3, 0.4) is 0 Å². The molecule has 0 saturated carbocycles. The molecule has 36 heavy (non-hydrogen) atoms. The molecule has 0 saturated heterocycles. The molecule has 0 radical (unpaired) electrons. The van der Waals surface area contributed by atoms with E-state index in [0.29, 0.717) is 34.3 Å². The van der Waals surface area contributed by atoms with Gasteiger partial charge in [-0.2, -0.15) is 5.10 Å². The van der Waals surface area contributed by atoms with Crippen LogP contribution in [0.4, 0.5) is 0 Å². The molecule has 1 N–H and O–H groups in total. The maximum absolute atomic E-state index is 12.9. The number of carbonyl (C=O) groups is 2. The molecular formula is C28H23ClN2O5. The van der Waals surface area contributed by atoms with Gasteiger partial charge in [-0.25, -0.2) is 10.2 Å². The smallest absolute Gasteiger partial charge is 0.344 e. The van der Waals surface area contributed by atoms with Crippen molar-refractivity contribution in [3.05, 3.63) is 101 Å². The van der Waals surface area contributed by atoms with Gasteiger partial charge < -0.3 is 14.2 Å². The summed E-state index contributed by atoms with van der Waals surface area (Å²) in [5.41, 5.74) is 3.51. The molecule has 0 bridgehead atoms. The Morgan fingerprint density at radius 1 is 0.917 bits per heavy atom. The van der Waals surface area contributed by atoms with Crippen LogP contribution in [-0.2, 0) is 4.79 Å². The van der Waals surface area contributed by atoms with Gasteiger partial charge in [-0.15, -0.1) is 0 Å². The van der Waals surface area contributed by atoms with Gasteiger partial charge in [0.15, 0.2) is 18.1 Å². The lowest BCUT2D eigenvalue weighted by atomic mass is 10.0. The Morgan fingerprint density at radius 2 is 1.69 bits per heavy atom. The van der Waals surface area contributed by atoms with Crippen LogP contribution in [0, 0.1) is 0 Å². The molecule has 0 atom stereocenters. The Hall–Kier alpha value is -4.36. The van der Waals surface area contributed by atoms with Crippen molar-refractivity contribution in [3.63, 3.8) is 0 Å². The monoisotopic (exact) mass is 502 g/mol. The van der Waals surface area contributed by atoms with Crippen molar-refractivity contribution >= 4 is 40.5 Å². The molecule has 0 fully saturated rings. The first-order valence-corrected chi connectivity index (χ1v) is 11.6. The summed E-state index contributed by atoms with van der Waals surface area (Å²) in [7, 11) is 0. The Kier molecular flexibility index (Phi) is 8.16. The average Bonchev–Trinajstić information content (AvgIpc) is 2.89. The maximum Gasteiger partial charge on any atom is 0.344 e. The van der Waals surface area contributed by atoms with Crippen molar-refractivity contribution in [2.75, 3.05) is 13.2 Å². The number of carbonyl (C=O) groups excluding carboxylic acids is 2. The largest absolute Gasteiger partial charge is 0.490 e. The normalized spacial score (nSPS) is 10.8. The standard InChI is InChI=1S/C28H23ClN2O5/c1-2-34-26-16-19(17-30-31-27(32)18-35-22-13-11-21(29)12-14-22)10-15-25(26)36-28(33)24-9-5-7-20-6-3-4-8-23(20)24/h3-17H,2,18H2,1H3,(H,31,32)/b30-17-. The van der Waals surface area contributed by atoms with E-state index in [4.69, 9.17) is 25.8 Å². The van der Waals surface area contributed by atoms with Gasteiger partial charge in [-0.3, -0.25) is 4.79 Å². The average molecular weight is 503 g/mol. The van der Waals surface area contributed by atoms with Crippen molar-refractivity contribution in [2.45, 2.75) is 6.92 Å². The summed E-state index contributed by atoms with van der Waals surface area (Å²) < 4.78 is 16.7. The first kappa shape index (κ1) is 24.8. The zero-order valence-corrected chi connectivity index (χ0v) is 20.2. The Labute approximate surface area is 213 Å². The van der Waals surface area contributed by atoms with Crippen LogP contribution >= 0.6 is 11.6 Å². The number of amides is 1. The molecule has 0 unspecified atom stereocenters. The number of fused-ring (bicyclic) bond motifs is 1. The van der Waals surface area contributed by atoms with Crippen LogP contribution in [0.1, 0.15) is 22.8 Å². The van der Waals surface area contributed by atoms with Crippen LogP contribution in [0.2, 0.25) is 5.02 Å². The molecule has 0 aliphatic rings. The van der Waals surface area contributed by atoms with Crippen molar-refractivity contribution in [2.24, 2.45) is 5.10 Å². The number of halogens is 1. The molecule has 4 aromatic carbocycles. The molecule has 0 heterocycles. The number of ether oxygens (including phenoxy) is 3. The van der Waals surface area contributed by atoms with Gasteiger partial charge in [-0.05, 0) is 71.8 Å². The van der Waals surface area contributed by atoms with Crippen molar-refractivity contribution < 1.29 is 23.8 Å².